The number of carbonyl (C=O) groups is 1. The van der Waals surface area contributed by atoms with E-state index in [2.05, 4.69) is 10.2 Å². The van der Waals surface area contributed by atoms with E-state index in [0.717, 1.165) is 21.8 Å². The zero-order valence-electron chi connectivity index (χ0n) is 17.1. The molecule has 5 N–H and O–H groups in total. The summed E-state index contributed by atoms with van der Waals surface area (Å²) in [5.41, 5.74) is 5.37. The van der Waals surface area contributed by atoms with Crippen LogP contribution in [-0.4, -0.2) is 17.6 Å². The number of hydrogen-bond donors (Lipinski definition) is 3. The number of nitrogens with zero attached hydrogens (tertiary/aromatic N) is 3. The normalized spacial score (nSPS) is 16.0. The third kappa shape index (κ3) is 5.77. The number of nitrogens with two attached hydrogens (primary N) is 2. The van der Waals surface area contributed by atoms with Crippen LogP contribution in [0.2, 0.25) is 0 Å². The molecule has 0 radical (unpaired) electrons. The molecule has 1 fully saturated rings. The molecule has 1 aromatic carbocycles. The van der Waals surface area contributed by atoms with Crippen LogP contribution in [0.25, 0.3) is 0 Å². The molecule has 0 spiro atoms. The summed E-state index contributed by atoms with van der Waals surface area (Å²) in [5, 5.41) is 9.71. The second kappa shape index (κ2) is 10.8. The molecule has 0 bridgehead atoms. The minimum Gasteiger partial charge on any atom is -0.475 e. The monoisotopic (exact) mass is 388 g/mol. The van der Waals surface area contributed by atoms with Crippen molar-refractivity contribution in [2.75, 3.05) is 5.01 Å². The third-order valence-electron chi connectivity index (χ3n) is 5.19. The highest BCUT2D eigenvalue weighted by atomic mass is 16.5. The Morgan fingerprint density at radius 2 is 2.00 bits per heavy atom. The first-order valence-electron chi connectivity index (χ1n) is 9.85. The van der Waals surface area contributed by atoms with E-state index in [1.54, 1.807) is 6.07 Å². The van der Waals surface area contributed by atoms with E-state index in [1.165, 1.54) is 32.1 Å². The lowest BCUT2D eigenvalue weighted by Gasteiger charge is -2.21. The zero-order chi connectivity index (χ0) is 20.5. The number of amides is 2. The molecule has 1 aromatic rings. The molecule has 1 saturated carbocycles. The van der Waals surface area contributed by atoms with Crippen molar-refractivity contribution in [1.82, 2.24) is 5.43 Å². The van der Waals surface area contributed by atoms with Gasteiger partial charge in [0.15, 0.2) is 0 Å². The van der Waals surface area contributed by atoms with E-state index >= 15 is 0 Å². The number of urea groups is 1. The first kappa shape index (κ1) is 21.8. The molecular formula is C20H32N6O2. The van der Waals surface area contributed by atoms with Crippen LogP contribution in [0.3, 0.4) is 0 Å². The van der Waals surface area contributed by atoms with Crippen molar-refractivity contribution in [3.63, 3.8) is 0 Å². The van der Waals surface area contributed by atoms with Crippen LogP contribution < -0.4 is 22.1 Å². The van der Waals surface area contributed by atoms with Gasteiger partial charge in [-0.05, 0) is 44.2 Å². The van der Waals surface area contributed by atoms with Crippen molar-refractivity contribution < 1.29 is 9.53 Å². The summed E-state index contributed by atoms with van der Waals surface area (Å²) in [4.78, 5) is 11.8. The fourth-order valence-corrected chi connectivity index (χ4v) is 3.37. The van der Waals surface area contributed by atoms with Gasteiger partial charge in [-0.1, -0.05) is 38.3 Å². The molecule has 2 amide bonds. The highest BCUT2D eigenvalue weighted by Gasteiger charge is 2.18. The van der Waals surface area contributed by atoms with Crippen LogP contribution in [0.1, 0.15) is 63.5 Å². The maximum absolute atomic E-state index is 11.8. The van der Waals surface area contributed by atoms with E-state index < -0.39 is 6.03 Å². The summed E-state index contributed by atoms with van der Waals surface area (Å²) >= 11 is 0. The van der Waals surface area contributed by atoms with E-state index in [-0.39, 0.29) is 6.61 Å². The van der Waals surface area contributed by atoms with Gasteiger partial charge in [0.1, 0.15) is 6.61 Å². The maximum Gasteiger partial charge on any atom is 0.350 e. The lowest BCUT2D eigenvalue weighted by molar-refractivity contribution is 0.246. The second-order valence-corrected chi connectivity index (χ2v) is 7.10. The molecule has 0 unspecified atom stereocenters. The van der Waals surface area contributed by atoms with Crippen LogP contribution in [0.15, 0.2) is 28.4 Å². The Morgan fingerprint density at radius 1 is 1.29 bits per heavy atom. The first-order valence-corrected chi connectivity index (χ1v) is 9.85. The molecular weight excluding hydrogens is 356 g/mol. The molecule has 0 aliphatic heterocycles. The Morgan fingerprint density at radius 3 is 2.64 bits per heavy atom. The minimum atomic E-state index is -0.607. The van der Waals surface area contributed by atoms with Crippen LogP contribution in [0, 0.1) is 12.8 Å². The van der Waals surface area contributed by atoms with Gasteiger partial charge in [0, 0.05) is 17.7 Å². The Kier molecular flexibility index (Phi) is 8.41. The summed E-state index contributed by atoms with van der Waals surface area (Å²) in [6, 6.07) is 4.90. The van der Waals surface area contributed by atoms with Crippen molar-refractivity contribution in [2.45, 2.75) is 65.9 Å². The number of benzene rings is 1. The van der Waals surface area contributed by atoms with Crippen molar-refractivity contribution in [3.05, 3.63) is 29.3 Å². The number of rotatable bonds is 6. The molecule has 28 heavy (non-hydrogen) atoms. The number of nitrogens with one attached hydrogen (secondary N) is 1. The molecule has 0 heterocycles. The van der Waals surface area contributed by atoms with Crippen molar-refractivity contribution >= 4 is 23.3 Å². The maximum atomic E-state index is 11.8. The van der Waals surface area contributed by atoms with E-state index in [4.69, 9.17) is 16.4 Å². The Balaban J connectivity index is 2.11. The highest BCUT2D eigenvalue weighted by molar-refractivity contribution is 5.91. The van der Waals surface area contributed by atoms with Crippen molar-refractivity contribution in [1.29, 1.82) is 0 Å². The van der Waals surface area contributed by atoms with Gasteiger partial charge in [-0.2, -0.15) is 5.10 Å². The summed E-state index contributed by atoms with van der Waals surface area (Å²) < 4.78 is 5.90. The predicted octanol–water partition coefficient (Wildman–Crippen LogP) is 3.54. The number of anilines is 1. The highest BCUT2D eigenvalue weighted by Crippen LogP contribution is 2.25. The van der Waals surface area contributed by atoms with Crippen molar-refractivity contribution in [3.8, 4) is 0 Å². The van der Waals surface area contributed by atoms with Gasteiger partial charge in [-0.3, -0.25) is 5.43 Å². The predicted molar refractivity (Wildman–Crippen MR) is 113 cm³/mol. The molecule has 2 rings (SSSR count). The number of hydrogen-bond acceptors (Lipinski definition) is 6. The number of ether oxygens (including phenoxy) is 1. The molecule has 1 aliphatic carbocycles. The molecule has 0 aromatic heterocycles. The summed E-state index contributed by atoms with van der Waals surface area (Å²) in [5.74, 6) is 12.1. The number of aryl methyl sites for hydroxylation is 1. The van der Waals surface area contributed by atoms with Crippen LogP contribution in [0.5, 0.6) is 0 Å². The third-order valence-corrected chi connectivity index (χ3v) is 5.19. The largest absolute Gasteiger partial charge is 0.475 e. The van der Waals surface area contributed by atoms with Gasteiger partial charge in [0.2, 0.25) is 5.90 Å². The quantitative estimate of drug-likeness (QED) is 0.227. The Bertz CT molecular complexity index is 725. The Labute approximate surface area is 167 Å². The Hall–Kier alpha value is -2.45. The fourth-order valence-electron chi connectivity index (χ4n) is 3.37. The smallest absolute Gasteiger partial charge is 0.350 e. The lowest BCUT2D eigenvalue weighted by atomic mass is 9.86. The van der Waals surface area contributed by atoms with Crippen LogP contribution in [0.4, 0.5) is 10.5 Å². The van der Waals surface area contributed by atoms with Gasteiger partial charge < -0.3 is 4.74 Å². The second-order valence-electron chi connectivity index (χ2n) is 7.10. The molecule has 0 saturated heterocycles. The van der Waals surface area contributed by atoms with Gasteiger partial charge in [0.25, 0.3) is 0 Å². The average molecular weight is 389 g/mol. The fraction of sp³-hybridized carbons (Fsp3) is 0.550. The molecule has 154 valence electrons. The first-order chi connectivity index (χ1) is 13.5. The van der Waals surface area contributed by atoms with E-state index in [9.17, 15) is 4.79 Å². The van der Waals surface area contributed by atoms with Gasteiger partial charge >= 0.3 is 6.03 Å². The summed E-state index contributed by atoms with van der Waals surface area (Å²) in [6.45, 7) is 6.19. The van der Waals surface area contributed by atoms with Gasteiger partial charge in [-0.15, -0.1) is 5.10 Å². The van der Waals surface area contributed by atoms with Crippen molar-refractivity contribution in [2.24, 2.45) is 27.8 Å². The standard InChI is InChI=1S/C20H32N6O2/c1-4-19(25-24-15(3)16-10-6-5-7-11-16)28-13-17-14(2)9-8-12-18(17)26(22)20(27)23-21/h8-9,12,16H,4-7,10-11,13,21-22H2,1-3H3,(H,23,27)/b24-15+,25-19+. The summed E-state index contributed by atoms with van der Waals surface area (Å²) in [7, 11) is 0. The average Bonchev–Trinajstić information content (AvgIpc) is 2.73. The van der Waals surface area contributed by atoms with Gasteiger partial charge in [0.05, 0.1) is 5.69 Å². The van der Waals surface area contributed by atoms with Crippen LogP contribution >= 0.6 is 0 Å². The molecule has 8 heteroatoms. The van der Waals surface area contributed by atoms with E-state index in [1.807, 2.05) is 38.3 Å². The van der Waals surface area contributed by atoms with Gasteiger partial charge in [-0.25, -0.2) is 21.5 Å². The molecule has 8 nitrogen and oxygen atoms in total. The topological polar surface area (TPSA) is 118 Å². The van der Waals surface area contributed by atoms with E-state index in [0.29, 0.717) is 23.9 Å². The SMILES string of the molecule is CC/C(=N\N=C(/C)C1CCCCC1)OCc1c(C)cccc1N(N)C(=O)NN. The van der Waals surface area contributed by atoms with Crippen LogP contribution in [-0.2, 0) is 11.3 Å². The molecule has 1 aliphatic rings. The zero-order valence-corrected chi connectivity index (χ0v) is 17.1. The minimum absolute atomic E-state index is 0.234. The summed E-state index contributed by atoms with van der Waals surface area (Å²) in [6.07, 6.45) is 6.85. The lowest BCUT2D eigenvalue weighted by Crippen LogP contribution is -2.48. The molecule has 0 atom stereocenters. The number of hydrazine groups is 2. The number of carbonyl (C=O) groups excluding carboxylic acids is 1.